The van der Waals surface area contributed by atoms with Crippen molar-refractivity contribution in [1.29, 1.82) is 0 Å². The van der Waals surface area contributed by atoms with E-state index < -0.39 is 0 Å². The van der Waals surface area contributed by atoms with Crippen molar-refractivity contribution >= 4 is 16.5 Å². The summed E-state index contributed by atoms with van der Waals surface area (Å²) in [6.45, 7) is 8.93. The fourth-order valence-corrected chi connectivity index (χ4v) is 5.62. The molecule has 1 aliphatic rings. The van der Waals surface area contributed by atoms with Crippen LogP contribution in [0.2, 0.25) is 0 Å². The van der Waals surface area contributed by atoms with Crippen LogP contribution in [-0.4, -0.2) is 50.6 Å². The van der Waals surface area contributed by atoms with Crippen LogP contribution < -0.4 is 0 Å². The number of fused-ring (bicyclic) bond motifs is 1. The normalized spacial score (nSPS) is 16.3. The van der Waals surface area contributed by atoms with Crippen LogP contribution in [0.15, 0.2) is 108 Å². The third kappa shape index (κ3) is 4.83. The lowest BCUT2D eigenvalue weighted by atomic mass is 9.93. The van der Waals surface area contributed by atoms with Gasteiger partial charge in [0.2, 0.25) is 5.89 Å². The Labute approximate surface area is 223 Å². The van der Waals surface area contributed by atoms with Gasteiger partial charge in [-0.05, 0) is 23.4 Å². The minimum absolute atomic E-state index is 0.112. The maximum Gasteiger partial charge on any atom is 0.228 e. The van der Waals surface area contributed by atoms with Gasteiger partial charge in [0.1, 0.15) is 0 Å². The van der Waals surface area contributed by atoms with Crippen molar-refractivity contribution < 1.29 is 4.52 Å². The topological polar surface area (TPSA) is 58.3 Å². The van der Waals surface area contributed by atoms with Gasteiger partial charge in [-0.3, -0.25) is 9.88 Å². The number of benzene rings is 3. The molecule has 1 aliphatic heterocycles. The van der Waals surface area contributed by atoms with Gasteiger partial charge < -0.3 is 9.42 Å². The highest BCUT2D eigenvalue weighted by Crippen LogP contribution is 2.35. The first-order valence-electron chi connectivity index (χ1n) is 13.1. The first kappa shape index (κ1) is 24.1. The van der Waals surface area contributed by atoms with E-state index in [1.54, 1.807) is 0 Å². The Morgan fingerprint density at radius 2 is 1.61 bits per heavy atom. The van der Waals surface area contributed by atoms with E-state index in [9.17, 15) is 0 Å². The van der Waals surface area contributed by atoms with E-state index in [2.05, 4.69) is 110 Å². The highest BCUT2D eigenvalue weighted by Gasteiger charge is 2.35. The molecule has 0 aliphatic carbocycles. The van der Waals surface area contributed by atoms with E-state index >= 15 is 0 Å². The van der Waals surface area contributed by atoms with Crippen LogP contribution in [0.5, 0.6) is 0 Å². The Balaban J connectivity index is 1.36. The first-order valence-corrected chi connectivity index (χ1v) is 13.1. The van der Waals surface area contributed by atoms with Crippen molar-refractivity contribution in [2.75, 3.05) is 19.6 Å². The minimum atomic E-state index is 0.112. The third-order valence-electron chi connectivity index (χ3n) is 7.43. The molecule has 0 saturated carbocycles. The van der Waals surface area contributed by atoms with Gasteiger partial charge in [0, 0.05) is 61.1 Å². The van der Waals surface area contributed by atoms with Crippen LogP contribution in [0.1, 0.15) is 34.4 Å². The monoisotopic (exact) mass is 501 g/mol. The highest BCUT2D eigenvalue weighted by atomic mass is 16.5. The van der Waals surface area contributed by atoms with E-state index in [1.807, 2.05) is 25.4 Å². The fourth-order valence-electron chi connectivity index (χ4n) is 5.62. The molecule has 190 valence electrons. The third-order valence-corrected chi connectivity index (χ3v) is 7.43. The van der Waals surface area contributed by atoms with Gasteiger partial charge in [-0.25, -0.2) is 0 Å². The fraction of sp³-hybridized carbons (Fsp3) is 0.219. The molecule has 0 bridgehead atoms. The van der Waals surface area contributed by atoms with Gasteiger partial charge in [0.25, 0.3) is 0 Å². The zero-order valence-corrected chi connectivity index (χ0v) is 21.6. The summed E-state index contributed by atoms with van der Waals surface area (Å²) < 4.78 is 5.61. The van der Waals surface area contributed by atoms with E-state index in [1.165, 1.54) is 16.5 Å². The summed E-state index contributed by atoms with van der Waals surface area (Å²) in [6.07, 6.45) is 4.51. The molecule has 1 unspecified atom stereocenters. The first-order chi connectivity index (χ1) is 18.7. The van der Waals surface area contributed by atoms with Crippen LogP contribution >= 0.6 is 0 Å². The SMILES string of the molecule is C=C(c1cncc2ccccc12)N1CCN(C(c2ccccc2)c2ccccc2)C(Cc2nc(C)no2)C1. The minimum Gasteiger partial charge on any atom is -0.369 e. The van der Waals surface area contributed by atoms with Crippen LogP contribution in [-0.2, 0) is 6.42 Å². The molecule has 1 saturated heterocycles. The molecule has 1 atom stereocenters. The highest BCUT2D eigenvalue weighted by molar-refractivity contribution is 5.92. The van der Waals surface area contributed by atoms with Crippen molar-refractivity contribution in [3.63, 3.8) is 0 Å². The number of nitrogens with zero attached hydrogens (tertiary/aromatic N) is 5. The molecule has 38 heavy (non-hydrogen) atoms. The van der Waals surface area contributed by atoms with Gasteiger partial charge >= 0.3 is 0 Å². The number of aryl methyl sites for hydroxylation is 1. The van der Waals surface area contributed by atoms with Gasteiger partial charge in [-0.15, -0.1) is 0 Å². The van der Waals surface area contributed by atoms with E-state index in [4.69, 9.17) is 4.52 Å². The average molecular weight is 502 g/mol. The summed E-state index contributed by atoms with van der Waals surface area (Å²) in [7, 11) is 0. The Bertz CT molecular complexity index is 1490. The van der Waals surface area contributed by atoms with Gasteiger partial charge in [-0.1, -0.05) is 96.7 Å². The van der Waals surface area contributed by atoms with Gasteiger partial charge in [-0.2, -0.15) is 4.98 Å². The number of hydrogen-bond acceptors (Lipinski definition) is 6. The molecule has 6 heteroatoms. The maximum absolute atomic E-state index is 5.61. The summed E-state index contributed by atoms with van der Waals surface area (Å²) in [5.74, 6) is 1.32. The van der Waals surface area contributed by atoms with Gasteiger partial charge in [0.05, 0.1) is 6.04 Å². The number of aromatic nitrogens is 3. The standard InChI is InChI=1S/C32H31N5O/c1-23(30-21-33-20-27-15-9-10-16-29(27)30)36-17-18-37(28(22-36)19-31-34-24(2)35-38-31)32(25-11-5-3-6-12-25)26-13-7-4-8-14-26/h3-16,20-21,28,32H,1,17-19,22H2,2H3. The summed E-state index contributed by atoms with van der Waals surface area (Å²) in [5.41, 5.74) is 4.62. The van der Waals surface area contributed by atoms with Crippen molar-refractivity contribution in [3.05, 3.63) is 132 Å². The predicted molar refractivity (Wildman–Crippen MR) is 150 cm³/mol. The molecule has 3 heterocycles. The van der Waals surface area contributed by atoms with E-state index in [0.717, 1.165) is 36.3 Å². The lowest BCUT2D eigenvalue weighted by molar-refractivity contribution is 0.0743. The van der Waals surface area contributed by atoms with Crippen LogP contribution in [0, 0.1) is 6.92 Å². The van der Waals surface area contributed by atoms with Crippen molar-refractivity contribution in [2.45, 2.75) is 25.4 Å². The van der Waals surface area contributed by atoms with E-state index in [0.29, 0.717) is 18.1 Å². The summed E-state index contributed by atoms with van der Waals surface area (Å²) in [6, 6.07) is 30.1. The number of piperazine rings is 1. The predicted octanol–water partition coefficient (Wildman–Crippen LogP) is 5.92. The molecular weight excluding hydrogens is 470 g/mol. The summed E-state index contributed by atoms with van der Waals surface area (Å²) >= 11 is 0. The Morgan fingerprint density at radius 3 is 2.29 bits per heavy atom. The summed E-state index contributed by atoms with van der Waals surface area (Å²) in [5, 5.41) is 6.35. The number of rotatable bonds is 7. The summed E-state index contributed by atoms with van der Waals surface area (Å²) in [4.78, 5) is 14.0. The van der Waals surface area contributed by atoms with Crippen molar-refractivity contribution in [1.82, 2.24) is 24.9 Å². The largest absolute Gasteiger partial charge is 0.369 e. The zero-order chi connectivity index (χ0) is 25.9. The quantitative estimate of drug-likeness (QED) is 0.276. The van der Waals surface area contributed by atoms with Crippen LogP contribution in [0.3, 0.4) is 0 Å². The maximum atomic E-state index is 5.61. The van der Waals surface area contributed by atoms with Crippen LogP contribution in [0.25, 0.3) is 16.5 Å². The average Bonchev–Trinajstić information content (AvgIpc) is 3.38. The molecule has 1 fully saturated rings. The zero-order valence-electron chi connectivity index (χ0n) is 21.6. The van der Waals surface area contributed by atoms with Crippen LogP contribution in [0.4, 0.5) is 0 Å². The van der Waals surface area contributed by atoms with E-state index in [-0.39, 0.29) is 12.1 Å². The smallest absolute Gasteiger partial charge is 0.228 e. The lowest BCUT2D eigenvalue weighted by Gasteiger charge is -2.46. The van der Waals surface area contributed by atoms with Crippen molar-refractivity contribution in [3.8, 4) is 0 Å². The second-order valence-electron chi connectivity index (χ2n) is 9.86. The number of pyridine rings is 1. The Morgan fingerprint density at radius 1 is 0.921 bits per heavy atom. The Kier molecular flexibility index (Phi) is 6.71. The molecule has 2 aromatic heterocycles. The molecule has 0 amide bonds. The molecular formula is C32H31N5O. The lowest BCUT2D eigenvalue weighted by Crippen LogP contribution is -2.54. The van der Waals surface area contributed by atoms with Gasteiger partial charge in [0.15, 0.2) is 5.82 Å². The number of hydrogen-bond donors (Lipinski definition) is 0. The molecule has 0 N–H and O–H groups in total. The second-order valence-corrected chi connectivity index (χ2v) is 9.86. The molecule has 6 nitrogen and oxygen atoms in total. The molecule has 0 spiro atoms. The second kappa shape index (κ2) is 10.6. The molecule has 5 aromatic rings. The molecule has 0 radical (unpaired) electrons. The molecule has 3 aromatic carbocycles. The Hall–Kier alpha value is -4.29. The molecule has 6 rings (SSSR count). The van der Waals surface area contributed by atoms with Crippen molar-refractivity contribution in [2.24, 2.45) is 0 Å².